The summed E-state index contributed by atoms with van der Waals surface area (Å²) in [6.45, 7) is 5.02. The van der Waals surface area contributed by atoms with Crippen molar-refractivity contribution in [3.8, 4) is 0 Å². The maximum absolute atomic E-state index is 13.0. The van der Waals surface area contributed by atoms with E-state index in [-0.39, 0.29) is 22.9 Å². The highest BCUT2D eigenvalue weighted by molar-refractivity contribution is 7.89. The SMILES string of the molecule is Cc1ccccc1NC(=O)C(C)N1CCC(NS(=O)(=O)c2ccc(F)cc2)CC1. The summed E-state index contributed by atoms with van der Waals surface area (Å²) >= 11 is 0. The van der Waals surface area contributed by atoms with Gasteiger partial charge in [0.1, 0.15) is 5.82 Å². The van der Waals surface area contributed by atoms with Crippen molar-refractivity contribution in [2.24, 2.45) is 0 Å². The number of hydrogen-bond acceptors (Lipinski definition) is 4. The maximum Gasteiger partial charge on any atom is 0.241 e. The summed E-state index contributed by atoms with van der Waals surface area (Å²) in [6.07, 6.45) is 1.20. The van der Waals surface area contributed by atoms with E-state index in [0.717, 1.165) is 23.4 Å². The van der Waals surface area contributed by atoms with E-state index in [2.05, 4.69) is 14.9 Å². The predicted molar refractivity (Wildman–Crippen MR) is 111 cm³/mol. The Kier molecular flexibility index (Phi) is 6.66. The Labute approximate surface area is 171 Å². The number of aryl methyl sites for hydroxylation is 1. The van der Waals surface area contributed by atoms with Crippen LogP contribution in [0.1, 0.15) is 25.3 Å². The molecule has 1 fully saturated rings. The van der Waals surface area contributed by atoms with Crippen LogP contribution < -0.4 is 10.0 Å². The summed E-state index contributed by atoms with van der Waals surface area (Å²) < 4.78 is 40.6. The molecule has 0 radical (unpaired) electrons. The van der Waals surface area contributed by atoms with E-state index in [0.29, 0.717) is 25.9 Å². The van der Waals surface area contributed by atoms with Gasteiger partial charge in [-0.2, -0.15) is 0 Å². The van der Waals surface area contributed by atoms with Crippen molar-refractivity contribution in [3.63, 3.8) is 0 Å². The number of amides is 1. The first-order valence-corrected chi connectivity index (χ1v) is 11.1. The third-order valence-corrected chi connectivity index (χ3v) is 6.84. The van der Waals surface area contributed by atoms with Crippen LogP contribution in [0.15, 0.2) is 53.4 Å². The number of piperidine rings is 1. The van der Waals surface area contributed by atoms with E-state index < -0.39 is 15.8 Å². The van der Waals surface area contributed by atoms with Gasteiger partial charge in [-0.1, -0.05) is 18.2 Å². The summed E-state index contributed by atoms with van der Waals surface area (Å²) in [5, 5.41) is 2.96. The zero-order valence-electron chi connectivity index (χ0n) is 16.6. The fourth-order valence-electron chi connectivity index (χ4n) is 3.42. The fraction of sp³-hybridized carbons (Fsp3) is 0.381. The molecule has 6 nitrogen and oxygen atoms in total. The number of hydrogen-bond donors (Lipinski definition) is 2. The van der Waals surface area contributed by atoms with Crippen LogP contribution >= 0.6 is 0 Å². The lowest BCUT2D eigenvalue weighted by atomic mass is 10.0. The quantitative estimate of drug-likeness (QED) is 0.755. The predicted octanol–water partition coefficient (Wildman–Crippen LogP) is 2.90. The van der Waals surface area contributed by atoms with Gasteiger partial charge in [-0.3, -0.25) is 9.69 Å². The van der Waals surface area contributed by atoms with Crippen LogP contribution in [-0.2, 0) is 14.8 Å². The number of para-hydroxylation sites is 1. The molecule has 156 valence electrons. The minimum Gasteiger partial charge on any atom is -0.324 e. The first-order chi connectivity index (χ1) is 13.8. The third kappa shape index (κ3) is 5.41. The van der Waals surface area contributed by atoms with E-state index in [1.54, 1.807) is 0 Å². The van der Waals surface area contributed by atoms with Crippen LogP contribution in [0.5, 0.6) is 0 Å². The molecular formula is C21H26FN3O3S. The van der Waals surface area contributed by atoms with E-state index in [1.807, 2.05) is 38.1 Å². The molecule has 1 amide bonds. The van der Waals surface area contributed by atoms with Gasteiger partial charge in [-0.15, -0.1) is 0 Å². The van der Waals surface area contributed by atoms with Gasteiger partial charge in [0, 0.05) is 24.8 Å². The number of carbonyl (C=O) groups excluding carboxylic acids is 1. The van der Waals surface area contributed by atoms with E-state index in [4.69, 9.17) is 0 Å². The molecule has 0 aliphatic carbocycles. The van der Waals surface area contributed by atoms with Gasteiger partial charge in [0.25, 0.3) is 0 Å². The summed E-state index contributed by atoms with van der Waals surface area (Å²) in [5.74, 6) is -0.556. The molecule has 8 heteroatoms. The fourth-order valence-corrected chi connectivity index (χ4v) is 4.73. The number of carbonyl (C=O) groups is 1. The Morgan fingerprint density at radius 1 is 1.10 bits per heavy atom. The van der Waals surface area contributed by atoms with Crippen molar-refractivity contribution >= 4 is 21.6 Å². The van der Waals surface area contributed by atoms with Crippen molar-refractivity contribution in [2.75, 3.05) is 18.4 Å². The molecular weight excluding hydrogens is 393 g/mol. The lowest BCUT2D eigenvalue weighted by Crippen LogP contribution is -2.50. The number of anilines is 1. The topological polar surface area (TPSA) is 78.5 Å². The molecule has 0 bridgehead atoms. The Morgan fingerprint density at radius 3 is 2.34 bits per heavy atom. The molecule has 0 spiro atoms. The number of rotatable bonds is 6. The zero-order valence-corrected chi connectivity index (χ0v) is 17.4. The standard InChI is InChI=1S/C21H26FN3O3S/c1-15-5-3-4-6-20(15)23-21(26)16(2)25-13-11-18(12-14-25)24-29(27,28)19-9-7-17(22)8-10-19/h3-10,16,18,24H,11-14H2,1-2H3,(H,23,26). The Morgan fingerprint density at radius 2 is 1.72 bits per heavy atom. The van der Waals surface area contributed by atoms with Crippen molar-refractivity contribution in [1.82, 2.24) is 9.62 Å². The second kappa shape index (κ2) is 9.02. The second-order valence-corrected chi connectivity index (χ2v) is 9.08. The van der Waals surface area contributed by atoms with Crippen molar-refractivity contribution < 1.29 is 17.6 Å². The van der Waals surface area contributed by atoms with Gasteiger partial charge in [-0.05, 0) is 62.6 Å². The molecule has 1 heterocycles. The van der Waals surface area contributed by atoms with Crippen LogP contribution in [0.2, 0.25) is 0 Å². The Bertz CT molecular complexity index is 955. The highest BCUT2D eigenvalue weighted by Crippen LogP contribution is 2.19. The average molecular weight is 420 g/mol. The molecule has 2 aromatic carbocycles. The molecule has 2 N–H and O–H groups in total. The molecule has 3 rings (SSSR count). The monoisotopic (exact) mass is 419 g/mol. The van der Waals surface area contributed by atoms with Gasteiger partial charge >= 0.3 is 0 Å². The average Bonchev–Trinajstić information content (AvgIpc) is 2.70. The van der Waals surface area contributed by atoms with Crippen LogP contribution in [-0.4, -0.2) is 44.4 Å². The molecule has 0 aromatic heterocycles. The molecule has 29 heavy (non-hydrogen) atoms. The van der Waals surface area contributed by atoms with Crippen LogP contribution in [0.25, 0.3) is 0 Å². The lowest BCUT2D eigenvalue weighted by molar-refractivity contribution is -0.121. The molecule has 1 saturated heterocycles. The molecule has 1 unspecified atom stereocenters. The number of benzene rings is 2. The van der Waals surface area contributed by atoms with E-state index in [9.17, 15) is 17.6 Å². The Hall–Kier alpha value is -2.29. The zero-order chi connectivity index (χ0) is 21.0. The molecule has 0 saturated carbocycles. The molecule has 1 atom stereocenters. The third-order valence-electron chi connectivity index (χ3n) is 5.31. The normalized spacial score (nSPS) is 17.1. The number of nitrogens with zero attached hydrogens (tertiary/aromatic N) is 1. The van der Waals surface area contributed by atoms with Crippen molar-refractivity contribution in [2.45, 2.75) is 43.7 Å². The minimum atomic E-state index is -3.69. The molecule has 1 aliphatic rings. The van der Waals surface area contributed by atoms with Crippen molar-refractivity contribution in [1.29, 1.82) is 0 Å². The molecule has 1 aliphatic heterocycles. The molecule has 2 aromatic rings. The highest BCUT2D eigenvalue weighted by Gasteiger charge is 2.29. The van der Waals surface area contributed by atoms with Crippen LogP contribution in [0, 0.1) is 12.7 Å². The first-order valence-electron chi connectivity index (χ1n) is 9.65. The highest BCUT2D eigenvalue weighted by atomic mass is 32.2. The second-order valence-electron chi connectivity index (χ2n) is 7.37. The largest absolute Gasteiger partial charge is 0.324 e. The van der Waals surface area contributed by atoms with Gasteiger partial charge in [0.05, 0.1) is 10.9 Å². The summed E-state index contributed by atoms with van der Waals surface area (Å²) in [6, 6.07) is 11.9. The smallest absolute Gasteiger partial charge is 0.241 e. The summed E-state index contributed by atoms with van der Waals surface area (Å²) in [5.41, 5.74) is 1.80. The lowest BCUT2D eigenvalue weighted by Gasteiger charge is -2.35. The number of likely N-dealkylation sites (tertiary alicyclic amines) is 1. The van der Waals surface area contributed by atoms with Gasteiger partial charge in [0.15, 0.2) is 0 Å². The van der Waals surface area contributed by atoms with Gasteiger partial charge < -0.3 is 5.32 Å². The maximum atomic E-state index is 13.0. The first kappa shape index (κ1) is 21.4. The van der Waals surface area contributed by atoms with Crippen molar-refractivity contribution in [3.05, 3.63) is 59.9 Å². The van der Waals surface area contributed by atoms with Crippen LogP contribution in [0.3, 0.4) is 0 Å². The minimum absolute atomic E-state index is 0.0484. The van der Waals surface area contributed by atoms with E-state index >= 15 is 0 Å². The van der Waals surface area contributed by atoms with Gasteiger partial charge in [0.2, 0.25) is 15.9 Å². The number of sulfonamides is 1. The summed E-state index contributed by atoms with van der Waals surface area (Å²) in [4.78, 5) is 14.7. The number of halogens is 1. The van der Waals surface area contributed by atoms with E-state index in [1.165, 1.54) is 12.1 Å². The Balaban J connectivity index is 1.53. The summed E-state index contributed by atoms with van der Waals surface area (Å²) in [7, 11) is -3.69. The van der Waals surface area contributed by atoms with Crippen LogP contribution in [0.4, 0.5) is 10.1 Å². The van der Waals surface area contributed by atoms with Gasteiger partial charge in [-0.25, -0.2) is 17.5 Å². The number of nitrogens with one attached hydrogen (secondary N) is 2.